The van der Waals surface area contributed by atoms with Crippen molar-refractivity contribution in [2.45, 2.75) is 58.2 Å². The number of halogens is 1. The highest BCUT2D eigenvalue weighted by Gasteiger charge is 2.38. The molecule has 0 bridgehead atoms. The number of unbranched alkanes of at least 4 members (excludes halogenated alkanes) is 1. The first-order chi connectivity index (χ1) is 15.6. The lowest BCUT2D eigenvalue weighted by atomic mass is 9.81. The fraction of sp³-hybridized carbons (Fsp3) is 0.625. The predicted octanol–water partition coefficient (Wildman–Crippen LogP) is 4.70. The van der Waals surface area contributed by atoms with E-state index in [1.54, 1.807) is 39.0 Å². The molecule has 0 aliphatic carbocycles. The topological polar surface area (TPSA) is 97.4 Å². The van der Waals surface area contributed by atoms with Crippen molar-refractivity contribution in [3.8, 4) is 17.2 Å². The third-order valence-electron chi connectivity index (χ3n) is 4.99. The van der Waals surface area contributed by atoms with Crippen molar-refractivity contribution in [2.24, 2.45) is 11.3 Å². The van der Waals surface area contributed by atoms with E-state index in [1.807, 2.05) is 6.92 Å². The fourth-order valence-corrected chi connectivity index (χ4v) is 3.73. The molecule has 0 amide bonds. The van der Waals surface area contributed by atoms with Crippen LogP contribution >= 0.6 is 15.9 Å². The van der Waals surface area contributed by atoms with E-state index in [0.29, 0.717) is 18.1 Å². The minimum atomic E-state index is -0.983. The van der Waals surface area contributed by atoms with E-state index in [1.165, 1.54) is 14.2 Å². The standard InChI is InChI=1S/C24H35BrO8/c1-7-9-13-32-22(27)17(25)14-16(15-24(3,4)23(28)31-8-2)21(26)33-20-18(29-5)11-10-12-19(20)30-6/h10-12,16-17H,7-9,13-15H2,1-6H3. The predicted molar refractivity (Wildman–Crippen MR) is 127 cm³/mol. The van der Waals surface area contributed by atoms with Crippen molar-refractivity contribution >= 4 is 33.8 Å². The van der Waals surface area contributed by atoms with Crippen molar-refractivity contribution in [1.29, 1.82) is 0 Å². The van der Waals surface area contributed by atoms with Crippen LogP contribution in [0.1, 0.15) is 53.4 Å². The van der Waals surface area contributed by atoms with Crippen molar-refractivity contribution in [3.05, 3.63) is 18.2 Å². The zero-order valence-electron chi connectivity index (χ0n) is 20.3. The number of carbonyl (C=O) groups is 3. The van der Waals surface area contributed by atoms with Gasteiger partial charge in [0.2, 0.25) is 5.75 Å². The molecule has 0 heterocycles. The maximum absolute atomic E-state index is 13.3. The van der Waals surface area contributed by atoms with Crippen molar-refractivity contribution in [2.75, 3.05) is 27.4 Å². The minimum Gasteiger partial charge on any atom is -0.493 e. The van der Waals surface area contributed by atoms with Gasteiger partial charge in [-0.1, -0.05) is 35.3 Å². The highest BCUT2D eigenvalue weighted by Crippen LogP contribution is 2.39. The van der Waals surface area contributed by atoms with E-state index in [2.05, 4.69) is 15.9 Å². The highest BCUT2D eigenvalue weighted by molar-refractivity contribution is 9.10. The van der Waals surface area contributed by atoms with Gasteiger partial charge >= 0.3 is 17.9 Å². The molecular weight excluding hydrogens is 496 g/mol. The van der Waals surface area contributed by atoms with E-state index in [0.717, 1.165) is 12.8 Å². The van der Waals surface area contributed by atoms with Crippen molar-refractivity contribution < 1.29 is 38.1 Å². The molecule has 0 aliphatic rings. The molecule has 8 nitrogen and oxygen atoms in total. The maximum Gasteiger partial charge on any atom is 0.319 e. The van der Waals surface area contributed by atoms with E-state index < -0.39 is 34.1 Å². The van der Waals surface area contributed by atoms with Gasteiger partial charge < -0.3 is 23.7 Å². The first kappa shape index (κ1) is 28.7. The lowest BCUT2D eigenvalue weighted by Crippen LogP contribution is -2.35. The number of hydrogen-bond donors (Lipinski definition) is 0. The van der Waals surface area contributed by atoms with E-state index >= 15 is 0 Å². The SMILES string of the molecule is CCCCOC(=O)C(Br)CC(CC(C)(C)C(=O)OCC)C(=O)Oc1c(OC)cccc1OC. The lowest BCUT2D eigenvalue weighted by Gasteiger charge is -2.28. The van der Waals surface area contributed by atoms with Gasteiger partial charge in [-0.05, 0) is 52.2 Å². The summed E-state index contributed by atoms with van der Waals surface area (Å²) in [6.07, 6.45) is 1.82. The third kappa shape index (κ3) is 8.87. The summed E-state index contributed by atoms with van der Waals surface area (Å²) in [5, 5.41) is 0. The molecule has 0 fully saturated rings. The molecule has 2 atom stereocenters. The van der Waals surface area contributed by atoms with Gasteiger partial charge in [0.15, 0.2) is 11.5 Å². The van der Waals surface area contributed by atoms with Crippen LogP contribution in [-0.4, -0.2) is 50.2 Å². The molecule has 0 aliphatic heterocycles. The number of esters is 3. The van der Waals surface area contributed by atoms with E-state index in [9.17, 15) is 14.4 Å². The number of ether oxygens (including phenoxy) is 5. The molecular formula is C24H35BrO8. The van der Waals surface area contributed by atoms with Gasteiger partial charge in [0.1, 0.15) is 4.83 Å². The Morgan fingerprint density at radius 2 is 1.61 bits per heavy atom. The Kier molecular flexibility index (Phi) is 12.3. The average Bonchev–Trinajstić information content (AvgIpc) is 2.78. The van der Waals surface area contributed by atoms with Crippen LogP contribution in [-0.2, 0) is 23.9 Å². The van der Waals surface area contributed by atoms with Crippen LogP contribution in [0, 0.1) is 11.3 Å². The van der Waals surface area contributed by atoms with E-state index in [-0.39, 0.29) is 25.2 Å². The van der Waals surface area contributed by atoms with Crippen molar-refractivity contribution in [1.82, 2.24) is 0 Å². The second kappa shape index (κ2) is 14.1. The first-order valence-corrected chi connectivity index (χ1v) is 11.9. The van der Waals surface area contributed by atoms with Crippen molar-refractivity contribution in [3.63, 3.8) is 0 Å². The van der Waals surface area contributed by atoms with Crippen LogP contribution in [0.3, 0.4) is 0 Å². The minimum absolute atomic E-state index is 0.0735. The zero-order valence-corrected chi connectivity index (χ0v) is 21.9. The Morgan fingerprint density at radius 1 is 1.00 bits per heavy atom. The Bertz CT molecular complexity index is 770. The summed E-state index contributed by atoms with van der Waals surface area (Å²) in [5.41, 5.74) is -0.983. The molecule has 0 spiro atoms. The lowest BCUT2D eigenvalue weighted by molar-refractivity contribution is -0.155. The largest absolute Gasteiger partial charge is 0.493 e. The first-order valence-electron chi connectivity index (χ1n) is 11.0. The monoisotopic (exact) mass is 530 g/mol. The second-order valence-corrected chi connectivity index (χ2v) is 9.25. The highest BCUT2D eigenvalue weighted by atomic mass is 79.9. The number of rotatable bonds is 14. The van der Waals surface area contributed by atoms with Crippen LogP contribution in [0.25, 0.3) is 0 Å². The summed E-state index contributed by atoms with van der Waals surface area (Å²) in [5.74, 6) is -1.58. The van der Waals surface area contributed by atoms with Gasteiger partial charge in [-0.15, -0.1) is 0 Å². The van der Waals surface area contributed by atoms with Gasteiger partial charge in [0, 0.05) is 0 Å². The summed E-state index contributed by atoms with van der Waals surface area (Å²) in [6, 6.07) is 4.99. The Hall–Kier alpha value is -2.29. The Morgan fingerprint density at radius 3 is 2.12 bits per heavy atom. The van der Waals surface area contributed by atoms with E-state index in [4.69, 9.17) is 23.7 Å². The quantitative estimate of drug-likeness (QED) is 0.148. The van der Waals surface area contributed by atoms with Gasteiger partial charge in [-0.25, -0.2) is 0 Å². The second-order valence-electron chi connectivity index (χ2n) is 8.14. The van der Waals surface area contributed by atoms with Crippen LogP contribution < -0.4 is 14.2 Å². The van der Waals surface area contributed by atoms with Gasteiger partial charge in [-0.2, -0.15) is 0 Å². The summed E-state index contributed by atoms with van der Waals surface area (Å²) >= 11 is 3.33. The molecule has 1 aromatic rings. The zero-order chi connectivity index (χ0) is 25.0. The summed E-state index contributed by atoms with van der Waals surface area (Å²) < 4.78 is 26.7. The van der Waals surface area contributed by atoms with Crippen LogP contribution in [0.2, 0.25) is 0 Å². The van der Waals surface area contributed by atoms with Crippen LogP contribution in [0.5, 0.6) is 17.2 Å². The fourth-order valence-electron chi connectivity index (χ4n) is 3.14. The van der Waals surface area contributed by atoms with Gasteiger partial charge in [-0.3, -0.25) is 14.4 Å². The molecule has 0 N–H and O–H groups in total. The molecule has 33 heavy (non-hydrogen) atoms. The molecule has 186 valence electrons. The number of benzene rings is 1. The average molecular weight is 531 g/mol. The molecule has 0 saturated carbocycles. The molecule has 1 rings (SSSR count). The smallest absolute Gasteiger partial charge is 0.319 e. The normalized spacial score (nSPS) is 12.9. The summed E-state index contributed by atoms with van der Waals surface area (Å²) in [7, 11) is 2.91. The van der Waals surface area contributed by atoms with Gasteiger partial charge in [0.25, 0.3) is 0 Å². The summed E-state index contributed by atoms with van der Waals surface area (Å²) in [6.45, 7) is 7.62. The third-order valence-corrected chi connectivity index (χ3v) is 5.74. The number of para-hydroxylation sites is 1. The van der Waals surface area contributed by atoms with Gasteiger partial charge in [0.05, 0.1) is 38.8 Å². The number of methoxy groups -OCH3 is 2. The van der Waals surface area contributed by atoms with Crippen LogP contribution in [0.4, 0.5) is 0 Å². The molecule has 9 heteroatoms. The summed E-state index contributed by atoms with van der Waals surface area (Å²) in [4.78, 5) is 37.4. The maximum atomic E-state index is 13.3. The number of alkyl halides is 1. The molecule has 2 unspecified atom stereocenters. The van der Waals surface area contributed by atoms with Crippen LogP contribution in [0.15, 0.2) is 18.2 Å². The molecule has 0 aromatic heterocycles. The molecule has 0 radical (unpaired) electrons. The number of hydrogen-bond acceptors (Lipinski definition) is 8. The Labute approximate surface area is 204 Å². The molecule has 0 saturated heterocycles. The molecule has 1 aromatic carbocycles. The number of carbonyl (C=O) groups excluding carboxylic acids is 3. The Balaban J connectivity index is 3.15.